The summed E-state index contributed by atoms with van der Waals surface area (Å²) in [5, 5.41) is 7.55. The second-order valence-corrected chi connectivity index (χ2v) is 33.5. The van der Waals surface area contributed by atoms with Crippen molar-refractivity contribution < 1.29 is 0 Å². The summed E-state index contributed by atoms with van der Waals surface area (Å²) in [5.74, 6) is 0. The lowest BCUT2D eigenvalue weighted by molar-refractivity contribution is 0.793. The summed E-state index contributed by atoms with van der Waals surface area (Å²) in [4.78, 5) is 4.96. The molecule has 0 N–H and O–H groups in total. The number of fused-ring (bicyclic) bond motifs is 30. The second-order valence-electron chi connectivity index (χ2n) is 32.4. The zero-order valence-corrected chi connectivity index (χ0v) is 66.7. The van der Waals surface area contributed by atoms with E-state index in [1.807, 2.05) is 11.3 Å². The van der Waals surface area contributed by atoms with Crippen LogP contribution in [0.1, 0.15) is 44.5 Å². The van der Waals surface area contributed by atoms with Gasteiger partial charge in [-0.25, -0.2) is 0 Å². The van der Waals surface area contributed by atoms with E-state index in [2.05, 4.69) is 468 Å². The van der Waals surface area contributed by atoms with Crippen molar-refractivity contribution in [3.05, 3.63) is 493 Å². The fourth-order valence-corrected chi connectivity index (χ4v) is 22.7. The van der Waals surface area contributed by atoms with Crippen LogP contribution in [0, 0.1) is 0 Å². The smallest absolute Gasteiger partial charge is 0.0726 e. The van der Waals surface area contributed by atoms with Crippen LogP contribution in [0.25, 0.3) is 142 Å². The molecule has 2 spiro atoms. The molecule has 22 aromatic rings. The number of hydrogen-bond acceptors (Lipinski definition) is 3. The Hall–Kier alpha value is -15.4. The highest BCUT2D eigenvalue weighted by molar-refractivity contribution is 7.26. The van der Waals surface area contributed by atoms with Crippen LogP contribution in [-0.4, -0.2) is 9.13 Å². The van der Waals surface area contributed by atoms with E-state index in [0.29, 0.717) is 0 Å². The minimum Gasteiger partial charge on any atom is -0.310 e. The van der Waals surface area contributed by atoms with Gasteiger partial charge in [-0.1, -0.05) is 334 Å². The molecule has 0 saturated heterocycles. The summed E-state index contributed by atoms with van der Waals surface area (Å²) >= 11 is 1.89. The lowest BCUT2D eigenvalue weighted by atomic mass is 9.70. The topological polar surface area (TPSA) is 16.3 Å². The van der Waals surface area contributed by atoms with Crippen molar-refractivity contribution in [2.45, 2.75) is 10.8 Å². The maximum absolute atomic E-state index is 2.50. The number of para-hydroxylation sites is 3. The molecule has 0 atom stereocenters. The van der Waals surface area contributed by atoms with Gasteiger partial charge in [0.25, 0.3) is 0 Å². The molecule has 3 aromatic heterocycles. The first-order valence-corrected chi connectivity index (χ1v) is 42.7. The van der Waals surface area contributed by atoms with Crippen LogP contribution in [0.2, 0.25) is 0 Å². The van der Waals surface area contributed by atoms with Crippen molar-refractivity contribution >= 4 is 109 Å². The predicted octanol–water partition coefficient (Wildman–Crippen LogP) is 30.9. The summed E-state index contributed by atoms with van der Waals surface area (Å²) in [6, 6.07) is 166. The molecule has 4 nitrogen and oxygen atoms in total. The van der Waals surface area contributed by atoms with Gasteiger partial charge in [-0.3, -0.25) is 0 Å². The first kappa shape index (κ1) is 68.8. The summed E-state index contributed by atoms with van der Waals surface area (Å²) < 4.78 is 7.50. The van der Waals surface area contributed by atoms with Gasteiger partial charge < -0.3 is 18.9 Å². The van der Waals surface area contributed by atoms with E-state index < -0.39 is 10.8 Å². The van der Waals surface area contributed by atoms with E-state index in [9.17, 15) is 0 Å². The second kappa shape index (κ2) is 27.1. The van der Waals surface area contributed by atoms with E-state index in [1.54, 1.807) is 0 Å². The minimum absolute atomic E-state index is 0.426. The molecule has 0 radical (unpaired) electrons. The first-order valence-electron chi connectivity index (χ1n) is 41.9. The molecule has 3 heterocycles. The lowest BCUT2D eigenvalue weighted by Gasteiger charge is -2.32. The van der Waals surface area contributed by atoms with Crippen molar-refractivity contribution in [3.8, 4) is 78.1 Å². The molecule has 0 unspecified atom stereocenters. The molecule has 0 aliphatic heterocycles. The third-order valence-corrected chi connectivity index (χ3v) is 27.6. The summed E-state index contributed by atoms with van der Waals surface area (Å²) in [7, 11) is 0. The standard InChI is InChI=1S/C61H38N2S.C55H36N2/c1-3-15-39(16-4-1)40-27-29-42(30-28-40)62(44-31-33-48-47-21-9-13-25-55(47)61(56(48)38-44)53-23-11-7-19-45(53)46-20-8-12-24-54(46)61)43-32-36-57-52(37-43)50-34-35-51-49-22-10-14-26-58(49)64-60(51)59(50)63(57)41-17-5-2-6-18-41;1-3-16-37(17-4-1)38-30-32-40(33-31-38)56(41-34-35-52-46(36-41)44-22-10-14-28-51(44)57(52)39-18-5-2-6-19-39)53-29-15-27-50-54(53)45-23-9-13-26-49(45)55(50)47-24-11-7-20-42(47)43-21-8-12-25-48(43)55/h1-38H;1-36H. The van der Waals surface area contributed by atoms with Gasteiger partial charge in [0.05, 0.1) is 43.3 Å². The van der Waals surface area contributed by atoms with Crippen LogP contribution >= 0.6 is 11.3 Å². The molecule has 121 heavy (non-hydrogen) atoms. The predicted molar refractivity (Wildman–Crippen MR) is 507 cm³/mol. The molecule has 26 rings (SSSR count). The molecule has 0 amide bonds. The number of aromatic nitrogens is 2. The van der Waals surface area contributed by atoms with Crippen molar-refractivity contribution in [1.29, 1.82) is 0 Å². The summed E-state index contributed by atoms with van der Waals surface area (Å²) in [5.41, 5.74) is 39.0. The van der Waals surface area contributed by atoms with E-state index in [1.165, 1.54) is 175 Å². The molecule has 0 bridgehead atoms. The molecule has 564 valence electrons. The Kier molecular flexibility index (Phi) is 15.4. The molecular weight excluding hydrogens is 1480 g/mol. The van der Waals surface area contributed by atoms with E-state index in [4.69, 9.17) is 0 Å². The minimum atomic E-state index is -0.444. The van der Waals surface area contributed by atoms with Crippen LogP contribution < -0.4 is 9.80 Å². The molecule has 4 aliphatic rings. The van der Waals surface area contributed by atoms with Crippen LogP contribution in [-0.2, 0) is 10.8 Å². The van der Waals surface area contributed by atoms with Gasteiger partial charge in [-0.05, 0) is 221 Å². The zero-order valence-electron chi connectivity index (χ0n) is 65.9. The van der Waals surface area contributed by atoms with Crippen molar-refractivity contribution in [2.75, 3.05) is 9.80 Å². The number of nitrogens with zero attached hydrogens (tertiary/aromatic N) is 4. The van der Waals surface area contributed by atoms with E-state index >= 15 is 0 Å². The number of benzene rings is 19. The Morgan fingerprint density at radius 3 is 1.12 bits per heavy atom. The zero-order chi connectivity index (χ0) is 79.4. The molecule has 0 fully saturated rings. The maximum atomic E-state index is 2.50. The Labute approximate surface area is 705 Å². The number of rotatable bonds is 10. The fraction of sp³-hybridized carbons (Fsp3) is 0.0172. The van der Waals surface area contributed by atoms with Crippen molar-refractivity contribution in [1.82, 2.24) is 9.13 Å². The van der Waals surface area contributed by atoms with Crippen LogP contribution in [0.15, 0.2) is 449 Å². The van der Waals surface area contributed by atoms with Crippen LogP contribution in [0.5, 0.6) is 0 Å². The Morgan fingerprint density at radius 2 is 0.570 bits per heavy atom. The molecule has 19 aromatic carbocycles. The summed E-state index contributed by atoms with van der Waals surface area (Å²) in [6.45, 7) is 0. The van der Waals surface area contributed by atoms with Gasteiger partial charge >= 0.3 is 0 Å². The highest BCUT2D eigenvalue weighted by atomic mass is 32.1. The van der Waals surface area contributed by atoms with Gasteiger partial charge in [-0.15, -0.1) is 11.3 Å². The third-order valence-electron chi connectivity index (χ3n) is 26.4. The molecule has 4 aliphatic carbocycles. The average Bonchev–Trinajstić information content (AvgIpc) is 1.51. The highest BCUT2D eigenvalue weighted by Gasteiger charge is 2.54. The third kappa shape index (κ3) is 10.1. The quantitative estimate of drug-likeness (QED) is 0.136. The normalized spacial score (nSPS) is 13.1. The highest BCUT2D eigenvalue weighted by Crippen LogP contribution is 2.67. The van der Waals surface area contributed by atoms with E-state index in [-0.39, 0.29) is 0 Å². The molecule has 0 saturated carbocycles. The number of anilines is 6. The van der Waals surface area contributed by atoms with Crippen LogP contribution in [0.3, 0.4) is 0 Å². The van der Waals surface area contributed by atoms with Gasteiger partial charge in [-0.2, -0.15) is 0 Å². The monoisotopic (exact) mass is 1550 g/mol. The van der Waals surface area contributed by atoms with E-state index in [0.717, 1.165) is 45.5 Å². The Morgan fingerprint density at radius 1 is 0.207 bits per heavy atom. The fourth-order valence-electron chi connectivity index (χ4n) is 21.5. The van der Waals surface area contributed by atoms with Crippen molar-refractivity contribution in [2.24, 2.45) is 0 Å². The average molecular weight is 1560 g/mol. The molecular formula is C116H74N4S. The lowest BCUT2D eigenvalue weighted by Crippen LogP contribution is -2.26. The SMILES string of the molecule is c1ccc(-c2ccc(N(c3ccc4c(c3)C3(c5ccccc5-c5ccccc53)c3ccccc3-4)c3ccc4c(c3)c3ccc5c6ccccc6sc5c3n4-c3ccccc3)cc2)cc1.c1ccc(-c2ccc(N(c3ccc4c(c3)c3ccccc3n4-c3ccccc3)c3cccc4c3-c3ccccc3C43c4ccccc4-c4ccccc43)cc2)cc1. The largest absolute Gasteiger partial charge is 0.310 e. The Bertz CT molecular complexity index is 7840. The van der Waals surface area contributed by atoms with Gasteiger partial charge in [0, 0.05) is 82.4 Å². The maximum Gasteiger partial charge on any atom is 0.0726 e. The Balaban J connectivity index is 0.000000135. The molecule has 5 heteroatoms. The van der Waals surface area contributed by atoms with Crippen LogP contribution in [0.4, 0.5) is 34.1 Å². The van der Waals surface area contributed by atoms with Gasteiger partial charge in [0.1, 0.15) is 0 Å². The number of thiophene rings is 1. The summed E-state index contributed by atoms with van der Waals surface area (Å²) in [6.07, 6.45) is 0. The van der Waals surface area contributed by atoms with Gasteiger partial charge in [0.15, 0.2) is 0 Å². The van der Waals surface area contributed by atoms with Crippen molar-refractivity contribution in [3.63, 3.8) is 0 Å². The first-order chi connectivity index (χ1) is 60.1. The van der Waals surface area contributed by atoms with Gasteiger partial charge in [0.2, 0.25) is 0 Å². The number of hydrogen-bond donors (Lipinski definition) is 0.